The molecule has 1 aromatic carbocycles. The predicted molar refractivity (Wildman–Crippen MR) is 84.9 cm³/mol. The molecule has 0 aromatic heterocycles. The molecule has 5 heteroatoms. The number of benzene rings is 1. The summed E-state index contributed by atoms with van der Waals surface area (Å²) in [5.41, 5.74) is 0. The normalized spacial score (nSPS) is 12.1. The van der Waals surface area contributed by atoms with E-state index in [-0.39, 0.29) is 18.3 Å². The third-order valence-electron chi connectivity index (χ3n) is 3.25. The summed E-state index contributed by atoms with van der Waals surface area (Å²) in [4.78, 5) is 12.3. The summed E-state index contributed by atoms with van der Waals surface area (Å²) in [5, 5.41) is 11.9. The van der Waals surface area contributed by atoms with Gasteiger partial charge >= 0.3 is 0 Å². The Morgan fingerprint density at radius 3 is 2.81 bits per heavy atom. The van der Waals surface area contributed by atoms with Crippen LogP contribution in [0.15, 0.2) is 29.2 Å². The van der Waals surface area contributed by atoms with Crippen LogP contribution in [0.3, 0.4) is 0 Å². The monoisotopic (exact) mass is 313 g/mol. The molecule has 1 atom stereocenters. The van der Waals surface area contributed by atoms with Crippen LogP contribution in [0, 0.1) is 11.7 Å². The fourth-order valence-electron chi connectivity index (χ4n) is 2.10. The van der Waals surface area contributed by atoms with E-state index < -0.39 is 0 Å². The molecule has 1 amide bonds. The highest BCUT2D eigenvalue weighted by molar-refractivity contribution is 7.99. The van der Waals surface area contributed by atoms with Gasteiger partial charge in [0.15, 0.2) is 0 Å². The molecule has 21 heavy (non-hydrogen) atoms. The van der Waals surface area contributed by atoms with E-state index in [0.29, 0.717) is 29.5 Å². The fourth-order valence-corrected chi connectivity index (χ4v) is 2.99. The summed E-state index contributed by atoms with van der Waals surface area (Å²) >= 11 is 1.35. The molecule has 0 aliphatic heterocycles. The molecule has 0 saturated carbocycles. The van der Waals surface area contributed by atoms with Gasteiger partial charge in [-0.05, 0) is 30.9 Å². The summed E-state index contributed by atoms with van der Waals surface area (Å²) in [6.07, 6.45) is 3.14. The second-order valence-corrected chi connectivity index (χ2v) is 6.14. The lowest BCUT2D eigenvalue weighted by Crippen LogP contribution is -2.30. The predicted octanol–water partition coefficient (Wildman–Crippen LogP) is 3.22. The molecule has 0 aliphatic carbocycles. The number of aliphatic hydroxyl groups excluding tert-OH is 1. The molecule has 2 N–H and O–H groups in total. The summed E-state index contributed by atoms with van der Waals surface area (Å²) in [6.45, 7) is 2.86. The van der Waals surface area contributed by atoms with Crippen molar-refractivity contribution in [3.8, 4) is 0 Å². The van der Waals surface area contributed by atoms with Gasteiger partial charge in [-0.2, -0.15) is 0 Å². The maximum absolute atomic E-state index is 13.4. The number of hydrogen-bond donors (Lipinski definition) is 2. The van der Waals surface area contributed by atoms with Crippen molar-refractivity contribution in [2.75, 3.05) is 18.9 Å². The maximum Gasteiger partial charge on any atom is 0.220 e. The van der Waals surface area contributed by atoms with Crippen molar-refractivity contribution < 1.29 is 14.3 Å². The van der Waals surface area contributed by atoms with Crippen molar-refractivity contribution in [3.05, 3.63) is 30.1 Å². The van der Waals surface area contributed by atoms with Crippen LogP contribution >= 0.6 is 11.8 Å². The standard InChI is InChI=1S/C16H24FNO2S/c1-2-5-13(8-10-19)12-18-16(20)9-11-21-15-7-4-3-6-14(15)17/h3-4,6-7,13,19H,2,5,8-12H2,1H3,(H,18,20). The summed E-state index contributed by atoms with van der Waals surface area (Å²) in [6, 6.07) is 6.58. The van der Waals surface area contributed by atoms with Gasteiger partial charge in [0, 0.05) is 30.2 Å². The number of nitrogens with one attached hydrogen (secondary N) is 1. The molecule has 0 bridgehead atoms. The first-order chi connectivity index (χ1) is 10.2. The van der Waals surface area contributed by atoms with Gasteiger partial charge < -0.3 is 10.4 Å². The van der Waals surface area contributed by atoms with Crippen LogP contribution in [-0.2, 0) is 4.79 Å². The van der Waals surface area contributed by atoms with Crippen LogP contribution in [0.25, 0.3) is 0 Å². The molecule has 1 rings (SSSR count). The van der Waals surface area contributed by atoms with Crippen LogP contribution in [0.2, 0.25) is 0 Å². The van der Waals surface area contributed by atoms with Gasteiger partial charge in [0.05, 0.1) is 0 Å². The molecule has 118 valence electrons. The molecule has 0 fully saturated rings. The van der Waals surface area contributed by atoms with Crippen molar-refractivity contribution in [2.24, 2.45) is 5.92 Å². The second kappa shape index (κ2) is 10.6. The molecule has 0 spiro atoms. The molecule has 3 nitrogen and oxygen atoms in total. The van der Waals surface area contributed by atoms with Crippen LogP contribution in [0.5, 0.6) is 0 Å². The fraction of sp³-hybridized carbons (Fsp3) is 0.562. The smallest absolute Gasteiger partial charge is 0.220 e. The zero-order chi connectivity index (χ0) is 15.5. The topological polar surface area (TPSA) is 49.3 Å². The van der Waals surface area contributed by atoms with E-state index in [1.807, 2.05) is 0 Å². The molecule has 1 unspecified atom stereocenters. The van der Waals surface area contributed by atoms with Gasteiger partial charge in [0.2, 0.25) is 5.91 Å². The molecule has 1 aromatic rings. The van der Waals surface area contributed by atoms with Gasteiger partial charge in [0.1, 0.15) is 5.82 Å². The van der Waals surface area contributed by atoms with Gasteiger partial charge in [-0.25, -0.2) is 4.39 Å². The Kier molecular flexibility index (Phi) is 9.10. The Morgan fingerprint density at radius 2 is 2.14 bits per heavy atom. The van der Waals surface area contributed by atoms with Crippen molar-refractivity contribution >= 4 is 17.7 Å². The lowest BCUT2D eigenvalue weighted by molar-refractivity contribution is -0.120. The van der Waals surface area contributed by atoms with E-state index >= 15 is 0 Å². The van der Waals surface area contributed by atoms with Crippen LogP contribution in [0.4, 0.5) is 4.39 Å². The Labute approximate surface area is 130 Å². The van der Waals surface area contributed by atoms with Crippen molar-refractivity contribution in [3.63, 3.8) is 0 Å². The zero-order valence-electron chi connectivity index (χ0n) is 12.5. The zero-order valence-corrected chi connectivity index (χ0v) is 13.3. The largest absolute Gasteiger partial charge is 0.396 e. The highest BCUT2D eigenvalue weighted by Crippen LogP contribution is 2.21. The summed E-state index contributed by atoms with van der Waals surface area (Å²) in [7, 11) is 0. The van der Waals surface area contributed by atoms with Crippen molar-refractivity contribution in [1.29, 1.82) is 0 Å². The van der Waals surface area contributed by atoms with Crippen LogP contribution < -0.4 is 5.32 Å². The number of carbonyl (C=O) groups excluding carboxylic acids is 1. The summed E-state index contributed by atoms with van der Waals surface area (Å²) < 4.78 is 13.4. The molecular weight excluding hydrogens is 289 g/mol. The first-order valence-corrected chi connectivity index (χ1v) is 8.40. The van der Waals surface area contributed by atoms with Crippen molar-refractivity contribution in [1.82, 2.24) is 5.32 Å². The van der Waals surface area contributed by atoms with E-state index in [9.17, 15) is 9.18 Å². The minimum absolute atomic E-state index is 0.0158. The Bertz CT molecular complexity index is 422. The number of thioether (sulfide) groups is 1. The van der Waals surface area contributed by atoms with Gasteiger partial charge in [-0.3, -0.25) is 4.79 Å². The molecule has 0 heterocycles. The van der Waals surface area contributed by atoms with Gasteiger partial charge in [-0.1, -0.05) is 25.5 Å². The molecule has 0 saturated heterocycles. The van der Waals surface area contributed by atoms with E-state index in [2.05, 4.69) is 12.2 Å². The van der Waals surface area contributed by atoms with Gasteiger partial charge in [0.25, 0.3) is 0 Å². The molecule has 0 radical (unpaired) electrons. The Balaban J connectivity index is 2.23. The number of halogens is 1. The highest BCUT2D eigenvalue weighted by Gasteiger charge is 2.10. The Hall–Kier alpha value is -1.07. The maximum atomic E-state index is 13.4. The number of amides is 1. The first-order valence-electron chi connectivity index (χ1n) is 7.42. The lowest BCUT2D eigenvalue weighted by atomic mass is 10.0. The first kappa shape index (κ1) is 18.0. The average Bonchev–Trinajstić information content (AvgIpc) is 2.47. The van der Waals surface area contributed by atoms with E-state index in [1.54, 1.807) is 18.2 Å². The lowest BCUT2D eigenvalue weighted by Gasteiger charge is -2.15. The van der Waals surface area contributed by atoms with Crippen molar-refractivity contribution in [2.45, 2.75) is 37.5 Å². The van der Waals surface area contributed by atoms with Crippen LogP contribution in [-0.4, -0.2) is 29.9 Å². The third kappa shape index (κ3) is 7.48. The highest BCUT2D eigenvalue weighted by atomic mass is 32.2. The van der Waals surface area contributed by atoms with Gasteiger partial charge in [-0.15, -0.1) is 11.8 Å². The minimum atomic E-state index is -0.242. The third-order valence-corrected chi connectivity index (χ3v) is 4.30. The quantitative estimate of drug-likeness (QED) is 0.652. The number of aliphatic hydroxyl groups is 1. The van der Waals surface area contributed by atoms with E-state index in [4.69, 9.17) is 5.11 Å². The number of rotatable bonds is 10. The minimum Gasteiger partial charge on any atom is -0.396 e. The SMILES string of the molecule is CCCC(CCO)CNC(=O)CCSc1ccccc1F. The Morgan fingerprint density at radius 1 is 1.38 bits per heavy atom. The van der Waals surface area contributed by atoms with E-state index in [1.165, 1.54) is 17.8 Å². The van der Waals surface area contributed by atoms with Crippen LogP contribution in [0.1, 0.15) is 32.6 Å². The molecule has 0 aliphatic rings. The summed E-state index contributed by atoms with van der Waals surface area (Å²) in [5.74, 6) is 0.639. The van der Waals surface area contributed by atoms with E-state index in [0.717, 1.165) is 19.3 Å². The molecular formula is C16H24FNO2S. The number of hydrogen-bond acceptors (Lipinski definition) is 3. The number of carbonyl (C=O) groups is 1. The average molecular weight is 313 g/mol. The second-order valence-electron chi connectivity index (χ2n) is 5.00.